The maximum atomic E-state index is 11.6. The van der Waals surface area contributed by atoms with Gasteiger partial charge < -0.3 is 10.3 Å². The van der Waals surface area contributed by atoms with Gasteiger partial charge in [-0.25, -0.2) is 4.98 Å². The van der Waals surface area contributed by atoms with Crippen LogP contribution in [-0.2, 0) is 5.75 Å². The summed E-state index contributed by atoms with van der Waals surface area (Å²) in [5.41, 5.74) is -0.130. The molecule has 1 aromatic heterocycles. The maximum absolute atomic E-state index is 11.6. The third-order valence-corrected chi connectivity index (χ3v) is 2.29. The molecule has 0 aromatic carbocycles. The number of aromatic nitrogens is 2. The summed E-state index contributed by atoms with van der Waals surface area (Å²) >= 11 is 1.53. The summed E-state index contributed by atoms with van der Waals surface area (Å²) in [4.78, 5) is 29.6. The first-order valence-electron chi connectivity index (χ1n) is 4.93. The van der Waals surface area contributed by atoms with Crippen molar-refractivity contribution in [1.29, 1.82) is 0 Å². The molecule has 0 aliphatic heterocycles. The monoisotopic (exact) mass is 241 g/mol. The molecule has 0 saturated carbocycles. The van der Waals surface area contributed by atoms with Crippen LogP contribution < -0.4 is 10.9 Å². The molecule has 0 saturated heterocycles. The van der Waals surface area contributed by atoms with Crippen molar-refractivity contribution >= 4 is 17.7 Å². The van der Waals surface area contributed by atoms with Gasteiger partial charge in [0, 0.05) is 12.1 Å². The largest absolute Gasteiger partial charge is 0.349 e. The fraction of sp³-hybridized carbons (Fsp3) is 0.500. The zero-order valence-electron chi connectivity index (χ0n) is 9.53. The number of nitrogens with one attached hydrogen (secondary N) is 2. The van der Waals surface area contributed by atoms with E-state index in [1.807, 2.05) is 20.1 Å². The summed E-state index contributed by atoms with van der Waals surface area (Å²) in [6.07, 6.45) is 1.90. The van der Waals surface area contributed by atoms with Crippen LogP contribution >= 0.6 is 11.8 Å². The van der Waals surface area contributed by atoms with Crippen LogP contribution in [0.15, 0.2) is 10.9 Å². The van der Waals surface area contributed by atoms with Crippen LogP contribution in [-0.4, -0.2) is 28.2 Å². The third-order valence-electron chi connectivity index (χ3n) is 1.72. The molecule has 0 spiro atoms. The summed E-state index contributed by atoms with van der Waals surface area (Å²) in [7, 11) is 0. The lowest BCUT2D eigenvalue weighted by atomic mass is 10.3. The van der Waals surface area contributed by atoms with E-state index in [-0.39, 0.29) is 23.2 Å². The Hall–Kier alpha value is -1.30. The minimum absolute atomic E-state index is 0.0255. The van der Waals surface area contributed by atoms with E-state index < -0.39 is 0 Å². The zero-order chi connectivity index (χ0) is 12.1. The summed E-state index contributed by atoms with van der Waals surface area (Å²) in [6, 6.07) is 1.24. The van der Waals surface area contributed by atoms with E-state index in [2.05, 4.69) is 15.3 Å². The van der Waals surface area contributed by atoms with Gasteiger partial charge >= 0.3 is 0 Å². The molecule has 0 atom stereocenters. The molecular weight excluding hydrogens is 226 g/mol. The van der Waals surface area contributed by atoms with E-state index in [1.165, 1.54) is 17.8 Å². The van der Waals surface area contributed by atoms with Crippen molar-refractivity contribution in [3.63, 3.8) is 0 Å². The number of carbonyl (C=O) groups is 1. The number of rotatable bonds is 4. The smallest absolute Gasteiger partial charge is 0.270 e. The van der Waals surface area contributed by atoms with Gasteiger partial charge in [0.05, 0.1) is 5.75 Å². The number of hydrogen-bond acceptors (Lipinski definition) is 4. The molecule has 88 valence electrons. The molecule has 0 aliphatic rings. The molecule has 6 heteroatoms. The molecule has 0 fully saturated rings. The fourth-order valence-electron chi connectivity index (χ4n) is 1.17. The van der Waals surface area contributed by atoms with E-state index in [1.54, 1.807) is 0 Å². The summed E-state index contributed by atoms with van der Waals surface area (Å²) < 4.78 is 0. The minimum atomic E-state index is -0.316. The van der Waals surface area contributed by atoms with Crippen LogP contribution in [0.5, 0.6) is 0 Å². The molecule has 16 heavy (non-hydrogen) atoms. The van der Waals surface area contributed by atoms with Crippen molar-refractivity contribution in [3.8, 4) is 0 Å². The lowest BCUT2D eigenvalue weighted by Gasteiger charge is -2.08. The topological polar surface area (TPSA) is 74.8 Å². The van der Waals surface area contributed by atoms with E-state index in [0.29, 0.717) is 11.6 Å². The first kappa shape index (κ1) is 12.8. The van der Waals surface area contributed by atoms with Gasteiger partial charge in [0.15, 0.2) is 0 Å². The molecule has 0 aliphatic carbocycles. The van der Waals surface area contributed by atoms with Gasteiger partial charge in [0.2, 0.25) is 0 Å². The van der Waals surface area contributed by atoms with Crippen molar-refractivity contribution in [3.05, 3.63) is 27.9 Å². The van der Waals surface area contributed by atoms with Crippen LogP contribution in [0.4, 0.5) is 0 Å². The summed E-state index contributed by atoms with van der Waals surface area (Å²) in [5, 5.41) is 2.69. The normalized spacial score (nSPS) is 10.5. The van der Waals surface area contributed by atoms with E-state index in [0.717, 1.165) is 0 Å². The molecule has 0 radical (unpaired) electrons. The van der Waals surface area contributed by atoms with Gasteiger partial charge in [0.1, 0.15) is 11.5 Å². The number of hydrogen-bond donors (Lipinski definition) is 2. The Morgan fingerprint density at radius 3 is 2.88 bits per heavy atom. The van der Waals surface area contributed by atoms with Crippen molar-refractivity contribution in [1.82, 2.24) is 15.3 Å². The molecule has 1 aromatic rings. The van der Waals surface area contributed by atoms with Crippen LogP contribution in [0.3, 0.4) is 0 Å². The predicted octanol–water partition coefficient (Wildman–Crippen LogP) is 0.771. The lowest BCUT2D eigenvalue weighted by Crippen LogP contribution is -2.32. The summed E-state index contributed by atoms with van der Waals surface area (Å²) in [5.74, 6) is 0.787. The van der Waals surface area contributed by atoms with Crippen molar-refractivity contribution in [2.24, 2.45) is 0 Å². The van der Waals surface area contributed by atoms with Crippen LogP contribution in [0.25, 0.3) is 0 Å². The van der Waals surface area contributed by atoms with E-state index in [4.69, 9.17) is 0 Å². The number of nitrogens with zero attached hydrogens (tertiary/aromatic N) is 1. The van der Waals surface area contributed by atoms with Crippen molar-refractivity contribution < 1.29 is 4.79 Å². The molecule has 0 bridgehead atoms. The second-order valence-corrected chi connectivity index (χ2v) is 4.50. The maximum Gasteiger partial charge on any atom is 0.270 e. The average molecular weight is 241 g/mol. The molecule has 5 nitrogen and oxygen atoms in total. The zero-order valence-corrected chi connectivity index (χ0v) is 10.4. The first-order chi connectivity index (χ1) is 7.52. The Bertz CT molecular complexity index is 428. The first-order valence-corrected chi connectivity index (χ1v) is 6.32. The second kappa shape index (κ2) is 5.69. The molecule has 1 amide bonds. The molecular formula is C10H15N3O2S. The quantitative estimate of drug-likeness (QED) is 0.816. The highest BCUT2D eigenvalue weighted by atomic mass is 32.2. The van der Waals surface area contributed by atoms with Gasteiger partial charge in [-0.1, -0.05) is 0 Å². The predicted molar refractivity (Wildman–Crippen MR) is 64.7 cm³/mol. The lowest BCUT2D eigenvalue weighted by molar-refractivity contribution is 0.0937. The highest BCUT2D eigenvalue weighted by Gasteiger charge is 2.10. The Kier molecular flexibility index (Phi) is 4.54. The Morgan fingerprint density at radius 1 is 1.62 bits per heavy atom. The second-order valence-electron chi connectivity index (χ2n) is 3.64. The highest BCUT2D eigenvalue weighted by Crippen LogP contribution is 2.02. The summed E-state index contributed by atoms with van der Waals surface area (Å²) in [6.45, 7) is 3.71. The standard InChI is InChI=1S/C10H15N3O2S/c1-6(2)11-10(15)7-4-9(14)13-8(12-7)5-16-3/h4,6H,5H2,1-3H3,(H,11,15)(H,12,13,14). The number of carbonyl (C=O) groups excluding carboxylic acids is 1. The van der Waals surface area contributed by atoms with E-state index >= 15 is 0 Å². The average Bonchev–Trinajstić information content (AvgIpc) is 2.16. The molecule has 1 heterocycles. The van der Waals surface area contributed by atoms with Crippen molar-refractivity contribution in [2.45, 2.75) is 25.6 Å². The number of thioether (sulfide) groups is 1. The van der Waals surface area contributed by atoms with Gasteiger partial charge in [-0.15, -0.1) is 0 Å². The van der Waals surface area contributed by atoms with E-state index in [9.17, 15) is 9.59 Å². The SMILES string of the molecule is CSCc1nc(C(=O)NC(C)C)cc(=O)[nH]1. The Balaban J connectivity index is 2.95. The van der Waals surface area contributed by atoms with Gasteiger partial charge in [0.25, 0.3) is 11.5 Å². The number of aromatic amines is 1. The fourth-order valence-corrected chi connectivity index (χ4v) is 1.58. The molecule has 0 unspecified atom stereocenters. The van der Waals surface area contributed by atoms with Gasteiger partial charge in [-0.2, -0.15) is 11.8 Å². The number of H-pyrrole nitrogens is 1. The van der Waals surface area contributed by atoms with Gasteiger partial charge in [-0.3, -0.25) is 9.59 Å². The molecule has 1 rings (SSSR count). The van der Waals surface area contributed by atoms with Crippen LogP contribution in [0.2, 0.25) is 0 Å². The molecule has 2 N–H and O–H groups in total. The Morgan fingerprint density at radius 2 is 2.31 bits per heavy atom. The third kappa shape index (κ3) is 3.69. The Labute approximate surface area is 98.1 Å². The highest BCUT2D eigenvalue weighted by molar-refractivity contribution is 7.97. The van der Waals surface area contributed by atoms with Crippen molar-refractivity contribution in [2.75, 3.05) is 6.26 Å². The van der Waals surface area contributed by atoms with Gasteiger partial charge in [-0.05, 0) is 20.1 Å². The van der Waals surface area contributed by atoms with Crippen LogP contribution in [0.1, 0.15) is 30.2 Å². The van der Waals surface area contributed by atoms with Crippen LogP contribution in [0, 0.1) is 0 Å². The number of amides is 1. The minimum Gasteiger partial charge on any atom is -0.349 e.